The summed E-state index contributed by atoms with van der Waals surface area (Å²) in [6.07, 6.45) is 0. The Morgan fingerprint density at radius 2 is 1.89 bits per heavy atom. The van der Waals surface area contributed by atoms with Crippen molar-refractivity contribution >= 4 is 16.0 Å². The van der Waals surface area contributed by atoms with E-state index in [0.717, 1.165) is 11.3 Å². The highest BCUT2D eigenvalue weighted by molar-refractivity contribution is 7.89. The molecule has 154 valence electrons. The van der Waals surface area contributed by atoms with E-state index in [1.54, 1.807) is 24.3 Å². The minimum Gasteiger partial charge on any atom is -0.359 e. The Morgan fingerprint density at radius 3 is 2.50 bits per heavy atom. The average molecular weight is 408 g/mol. The molecule has 1 aromatic carbocycles. The molecule has 3 N–H and O–H groups in total. The van der Waals surface area contributed by atoms with Crippen molar-refractivity contribution in [2.45, 2.75) is 45.1 Å². The van der Waals surface area contributed by atoms with Gasteiger partial charge in [0.25, 0.3) is 0 Å². The fourth-order valence-corrected chi connectivity index (χ4v) is 3.37. The van der Waals surface area contributed by atoms with Crippen LogP contribution in [0.2, 0.25) is 0 Å². The third kappa shape index (κ3) is 6.65. The lowest BCUT2D eigenvalue weighted by Crippen LogP contribution is -2.41. The van der Waals surface area contributed by atoms with Crippen molar-refractivity contribution in [2.24, 2.45) is 4.99 Å². The number of benzene rings is 1. The molecule has 2 aromatic rings. The van der Waals surface area contributed by atoms with Crippen molar-refractivity contribution in [3.8, 4) is 0 Å². The van der Waals surface area contributed by atoms with Crippen LogP contribution in [0.4, 0.5) is 0 Å². The van der Waals surface area contributed by atoms with Gasteiger partial charge in [-0.25, -0.2) is 18.1 Å². The topological polar surface area (TPSA) is 109 Å². The van der Waals surface area contributed by atoms with Crippen molar-refractivity contribution in [2.75, 3.05) is 19.6 Å². The number of sulfonamides is 1. The van der Waals surface area contributed by atoms with E-state index in [1.165, 1.54) is 0 Å². The second-order valence-corrected chi connectivity index (χ2v) is 8.47. The summed E-state index contributed by atoms with van der Waals surface area (Å²) in [7, 11) is -3.52. The Hall–Kier alpha value is -2.39. The van der Waals surface area contributed by atoms with Crippen LogP contribution in [-0.4, -0.2) is 39.2 Å². The molecule has 0 unspecified atom stereocenters. The molecule has 0 atom stereocenters. The Kier molecular flexibility index (Phi) is 8.01. The minimum absolute atomic E-state index is 0.237. The summed E-state index contributed by atoms with van der Waals surface area (Å²) < 4.78 is 32.4. The summed E-state index contributed by atoms with van der Waals surface area (Å²) in [6, 6.07) is 8.64. The number of aliphatic imine (C=N–C) groups is 1. The summed E-state index contributed by atoms with van der Waals surface area (Å²) in [5.74, 6) is 1.56. The quantitative estimate of drug-likeness (QED) is 0.334. The molecule has 0 aliphatic rings. The second kappa shape index (κ2) is 10.2. The number of nitrogens with zero attached hydrogens (tertiary/aromatic N) is 2. The van der Waals surface area contributed by atoms with Gasteiger partial charge < -0.3 is 15.2 Å². The summed E-state index contributed by atoms with van der Waals surface area (Å²) in [5.41, 5.74) is 1.91. The van der Waals surface area contributed by atoms with Crippen LogP contribution in [0.15, 0.2) is 44.7 Å². The van der Waals surface area contributed by atoms with Crippen molar-refractivity contribution in [3.63, 3.8) is 0 Å². The molecule has 0 saturated heterocycles. The minimum atomic E-state index is -3.52. The Balaban J connectivity index is 1.85. The standard InChI is InChI=1S/C19H29N5O3S/c1-5-20-19(22-13-16-12-18(14(2)3)24-27-16)21-10-11-23-28(25,26)17-8-6-15(4)7-9-17/h6-9,12,14,23H,5,10-11,13H2,1-4H3,(H2,20,21,22). The van der Waals surface area contributed by atoms with E-state index in [9.17, 15) is 8.42 Å². The van der Waals surface area contributed by atoms with Crippen LogP contribution >= 0.6 is 0 Å². The first kappa shape index (κ1) is 21.9. The lowest BCUT2D eigenvalue weighted by Gasteiger charge is -2.12. The number of aryl methyl sites for hydroxylation is 1. The van der Waals surface area contributed by atoms with Gasteiger partial charge in [-0.3, -0.25) is 0 Å². The van der Waals surface area contributed by atoms with Gasteiger partial charge in [0.1, 0.15) is 6.54 Å². The highest BCUT2D eigenvalue weighted by Gasteiger charge is 2.12. The maximum Gasteiger partial charge on any atom is 0.240 e. The Morgan fingerprint density at radius 1 is 1.18 bits per heavy atom. The Labute approximate surface area is 166 Å². The molecule has 9 heteroatoms. The monoisotopic (exact) mass is 407 g/mol. The number of guanidine groups is 1. The Bertz CT molecular complexity index is 873. The smallest absolute Gasteiger partial charge is 0.240 e. The van der Waals surface area contributed by atoms with E-state index >= 15 is 0 Å². The zero-order chi connectivity index (χ0) is 20.6. The van der Waals surface area contributed by atoms with Crippen LogP contribution in [-0.2, 0) is 16.6 Å². The van der Waals surface area contributed by atoms with Crippen LogP contribution in [0.5, 0.6) is 0 Å². The van der Waals surface area contributed by atoms with Crippen LogP contribution in [0.25, 0.3) is 0 Å². The number of nitrogens with one attached hydrogen (secondary N) is 3. The van der Waals surface area contributed by atoms with Gasteiger partial charge in [-0.1, -0.05) is 36.7 Å². The zero-order valence-corrected chi connectivity index (χ0v) is 17.6. The van der Waals surface area contributed by atoms with Crippen molar-refractivity contribution in [1.82, 2.24) is 20.5 Å². The van der Waals surface area contributed by atoms with Crippen LogP contribution < -0.4 is 15.4 Å². The molecule has 1 heterocycles. The second-order valence-electron chi connectivity index (χ2n) is 6.71. The largest absolute Gasteiger partial charge is 0.359 e. The summed E-state index contributed by atoms with van der Waals surface area (Å²) >= 11 is 0. The van der Waals surface area contributed by atoms with Gasteiger partial charge in [-0.15, -0.1) is 0 Å². The molecule has 0 amide bonds. The maximum atomic E-state index is 12.3. The number of rotatable bonds is 9. The van der Waals surface area contributed by atoms with Gasteiger partial charge in [0, 0.05) is 25.7 Å². The fourth-order valence-electron chi connectivity index (χ4n) is 2.34. The zero-order valence-electron chi connectivity index (χ0n) is 16.8. The summed E-state index contributed by atoms with van der Waals surface area (Å²) in [4.78, 5) is 4.70. The van der Waals surface area contributed by atoms with Gasteiger partial charge in [0.2, 0.25) is 10.0 Å². The lowest BCUT2D eigenvalue weighted by atomic mass is 10.1. The van der Waals surface area contributed by atoms with Gasteiger partial charge in [-0.2, -0.15) is 0 Å². The van der Waals surface area contributed by atoms with E-state index in [-0.39, 0.29) is 11.4 Å². The molecule has 0 aliphatic carbocycles. The molecule has 0 saturated carbocycles. The predicted molar refractivity (Wildman–Crippen MR) is 110 cm³/mol. The highest BCUT2D eigenvalue weighted by Crippen LogP contribution is 2.14. The average Bonchev–Trinajstić information content (AvgIpc) is 3.13. The molecule has 0 spiro atoms. The summed E-state index contributed by atoms with van der Waals surface area (Å²) in [6.45, 7) is 9.65. The molecular weight excluding hydrogens is 378 g/mol. The van der Waals surface area contributed by atoms with Gasteiger partial charge in [0.05, 0.1) is 10.6 Å². The van der Waals surface area contributed by atoms with Crippen molar-refractivity contribution in [1.29, 1.82) is 0 Å². The molecular formula is C19H29N5O3S. The van der Waals surface area contributed by atoms with E-state index in [0.29, 0.717) is 37.3 Å². The van der Waals surface area contributed by atoms with E-state index in [4.69, 9.17) is 4.52 Å². The first-order chi connectivity index (χ1) is 13.3. The molecule has 1 aromatic heterocycles. The molecule has 0 fully saturated rings. The van der Waals surface area contributed by atoms with Gasteiger partial charge in [-0.05, 0) is 31.9 Å². The van der Waals surface area contributed by atoms with Gasteiger partial charge in [0.15, 0.2) is 11.7 Å². The third-order valence-corrected chi connectivity index (χ3v) is 5.42. The molecule has 28 heavy (non-hydrogen) atoms. The number of aromatic nitrogens is 1. The number of hydrogen-bond donors (Lipinski definition) is 3. The SMILES string of the molecule is CCNC(=NCc1cc(C(C)C)no1)NCCNS(=O)(=O)c1ccc(C)cc1. The highest BCUT2D eigenvalue weighted by atomic mass is 32.2. The molecule has 2 rings (SSSR count). The molecule has 0 aliphatic heterocycles. The molecule has 0 bridgehead atoms. The lowest BCUT2D eigenvalue weighted by molar-refractivity contribution is 0.376. The van der Waals surface area contributed by atoms with Crippen LogP contribution in [0.3, 0.4) is 0 Å². The van der Waals surface area contributed by atoms with Gasteiger partial charge >= 0.3 is 0 Å². The number of hydrogen-bond acceptors (Lipinski definition) is 5. The van der Waals surface area contributed by atoms with Crippen molar-refractivity contribution in [3.05, 3.63) is 47.3 Å². The first-order valence-electron chi connectivity index (χ1n) is 9.36. The molecule has 0 radical (unpaired) electrons. The maximum absolute atomic E-state index is 12.3. The first-order valence-corrected chi connectivity index (χ1v) is 10.8. The van der Waals surface area contributed by atoms with E-state index in [2.05, 4.69) is 25.5 Å². The van der Waals surface area contributed by atoms with Crippen LogP contribution in [0.1, 0.15) is 43.7 Å². The third-order valence-electron chi connectivity index (χ3n) is 3.95. The fraction of sp³-hybridized carbons (Fsp3) is 0.474. The predicted octanol–water partition coefficient (Wildman–Crippen LogP) is 2.14. The molecule has 8 nitrogen and oxygen atoms in total. The van der Waals surface area contributed by atoms with Crippen LogP contribution in [0, 0.1) is 6.92 Å². The van der Waals surface area contributed by atoms with E-state index < -0.39 is 10.0 Å². The summed E-state index contributed by atoms with van der Waals surface area (Å²) in [5, 5.41) is 10.2. The van der Waals surface area contributed by atoms with Crippen molar-refractivity contribution < 1.29 is 12.9 Å². The normalized spacial score (nSPS) is 12.4. The van der Waals surface area contributed by atoms with E-state index in [1.807, 2.05) is 33.8 Å².